The molecular formula is C14H15N3O3S. The van der Waals surface area contributed by atoms with Crippen LogP contribution < -0.4 is 10.6 Å². The van der Waals surface area contributed by atoms with E-state index in [0.717, 1.165) is 10.2 Å². The summed E-state index contributed by atoms with van der Waals surface area (Å²) in [4.78, 5) is 27.0. The summed E-state index contributed by atoms with van der Waals surface area (Å²) in [5.41, 5.74) is 3.38. The minimum absolute atomic E-state index is 0.0711. The number of nitrogens with zero attached hydrogens (tertiary/aromatic N) is 1. The molecule has 21 heavy (non-hydrogen) atoms. The third-order valence-corrected chi connectivity index (χ3v) is 4.50. The number of rotatable bonds is 3. The van der Waals surface area contributed by atoms with Crippen LogP contribution in [0.3, 0.4) is 0 Å². The van der Waals surface area contributed by atoms with Crippen molar-refractivity contribution in [1.82, 2.24) is 10.3 Å². The zero-order valence-corrected chi connectivity index (χ0v) is 12.0. The fourth-order valence-electron chi connectivity index (χ4n) is 2.62. The summed E-state index contributed by atoms with van der Waals surface area (Å²) in [6.45, 7) is 0. The first kappa shape index (κ1) is 13.8. The lowest BCUT2D eigenvalue weighted by molar-refractivity contribution is -0.141. The average molecular weight is 305 g/mol. The Labute approximate surface area is 125 Å². The van der Waals surface area contributed by atoms with Crippen LogP contribution in [0.5, 0.6) is 0 Å². The summed E-state index contributed by atoms with van der Waals surface area (Å²) < 4.78 is 1.01. The maximum atomic E-state index is 11.9. The van der Waals surface area contributed by atoms with Gasteiger partial charge in [-0.15, -0.1) is 11.3 Å². The second-order valence-electron chi connectivity index (χ2n) is 5.18. The Morgan fingerprint density at radius 3 is 2.95 bits per heavy atom. The zero-order valence-electron chi connectivity index (χ0n) is 11.2. The van der Waals surface area contributed by atoms with Crippen LogP contribution >= 0.6 is 11.3 Å². The molecule has 1 aliphatic rings. The van der Waals surface area contributed by atoms with Crippen molar-refractivity contribution in [3.63, 3.8) is 0 Å². The number of anilines is 1. The van der Waals surface area contributed by atoms with Gasteiger partial charge in [0, 0.05) is 11.7 Å². The van der Waals surface area contributed by atoms with E-state index < -0.39 is 5.97 Å². The molecule has 1 aliphatic carbocycles. The Hall–Kier alpha value is -2.15. The number of aromatic nitrogens is 1. The molecule has 0 saturated heterocycles. The van der Waals surface area contributed by atoms with Crippen molar-refractivity contribution < 1.29 is 14.7 Å². The van der Waals surface area contributed by atoms with Gasteiger partial charge in [-0.05, 0) is 37.5 Å². The number of carboxylic acid groups (broad SMARTS) is 1. The van der Waals surface area contributed by atoms with Gasteiger partial charge >= 0.3 is 12.0 Å². The quantitative estimate of drug-likeness (QED) is 0.813. The minimum atomic E-state index is -0.782. The molecule has 1 heterocycles. The highest BCUT2D eigenvalue weighted by molar-refractivity contribution is 7.16. The number of benzene rings is 1. The van der Waals surface area contributed by atoms with Crippen molar-refractivity contribution in [1.29, 1.82) is 0 Å². The van der Waals surface area contributed by atoms with E-state index >= 15 is 0 Å². The molecule has 0 aliphatic heterocycles. The topological polar surface area (TPSA) is 91.3 Å². The van der Waals surface area contributed by atoms with Crippen LogP contribution in [-0.2, 0) is 4.79 Å². The van der Waals surface area contributed by atoms with Crippen molar-refractivity contribution >= 4 is 39.2 Å². The summed E-state index contributed by atoms with van der Waals surface area (Å²) in [6, 6.07) is 5.17. The van der Waals surface area contributed by atoms with E-state index in [2.05, 4.69) is 15.6 Å². The Balaban J connectivity index is 1.58. The number of urea groups is 1. The molecule has 1 saturated carbocycles. The number of carbonyl (C=O) groups is 2. The fourth-order valence-corrected chi connectivity index (χ4v) is 3.34. The zero-order chi connectivity index (χ0) is 14.8. The van der Waals surface area contributed by atoms with E-state index in [9.17, 15) is 9.59 Å². The Morgan fingerprint density at radius 1 is 1.33 bits per heavy atom. The number of carbonyl (C=O) groups excluding carboxylic acids is 1. The molecule has 0 spiro atoms. The van der Waals surface area contributed by atoms with Crippen LogP contribution in [-0.4, -0.2) is 28.1 Å². The summed E-state index contributed by atoms with van der Waals surface area (Å²) >= 11 is 1.52. The minimum Gasteiger partial charge on any atom is -0.481 e. The number of hydrogen-bond acceptors (Lipinski definition) is 4. The maximum absolute atomic E-state index is 11.9. The number of fused-ring (bicyclic) bond motifs is 1. The van der Waals surface area contributed by atoms with Gasteiger partial charge in [0.1, 0.15) is 0 Å². The van der Waals surface area contributed by atoms with E-state index in [1.165, 1.54) is 11.3 Å². The first-order chi connectivity index (χ1) is 10.1. The molecule has 2 atom stereocenters. The van der Waals surface area contributed by atoms with Gasteiger partial charge in [0.2, 0.25) is 0 Å². The molecule has 3 rings (SSSR count). The van der Waals surface area contributed by atoms with Crippen LogP contribution in [0.25, 0.3) is 10.2 Å². The summed E-state index contributed by atoms with van der Waals surface area (Å²) in [7, 11) is 0. The first-order valence-electron chi connectivity index (χ1n) is 6.75. The molecule has 7 heteroatoms. The van der Waals surface area contributed by atoms with Gasteiger partial charge < -0.3 is 15.7 Å². The lowest BCUT2D eigenvalue weighted by atomic mass is 10.1. The third kappa shape index (κ3) is 3.13. The molecule has 110 valence electrons. The van der Waals surface area contributed by atoms with Gasteiger partial charge in [0.05, 0.1) is 21.6 Å². The van der Waals surface area contributed by atoms with E-state index in [4.69, 9.17) is 5.11 Å². The number of hydrogen-bond donors (Lipinski definition) is 3. The molecular weight excluding hydrogens is 290 g/mol. The second kappa shape index (κ2) is 5.69. The SMILES string of the molecule is O=C(Nc1ccc2ncsc2c1)NC1CCC(C(=O)O)C1. The molecule has 6 nitrogen and oxygen atoms in total. The molecule has 2 aromatic rings. The lowest BCUT2D eigenvalue weighted by Gasteiger charge is -2.13. The molecule has 1 aromatic carbocycles. The van der Waals surface area contributed by atoms with Crippen molar-refractivity contribution in [3.05, 3.63) is 23.7 Å². The molecule has 3 N–H and O–H groups in total. The normalized spacial score (nSPS) is 21.3. The summed E-state index contributed by atoms with van der Waals surface area (Å²) in [6.07, 6.45) is 1.82. The van der Waals surface area contributed by atoms with Gasteiger partial charge in [-0.1, -0.05) is 0 Å². The first-order valence-corrected chi connectivity index (χ1v) is 7.63. The lowest BCUT2D eigenvalue weighted by Crippen LogP contribution is -2.36. The van der Waals surface area contributed by atoms with Gasteiger partial charge in [-0.25, -0.2) is 9.78 Å². The van der Waals surface area contributed by atoms with Crippen LogP contribution in [0, 0.1) is 5.92 Å². The van der Waals surface area contributed by atoms with Gasteiger partial charge in [0.25, 0.3) is 0 Å². The smallest absolute Gasteiger partial charge is 0.319 e. The van der Waals surface area contributed by atoms with Crippen LogP contribution in [0.15, 0.2) is 23.7 Å². The molecule has 2 unspecified atom stereocenters. The summed E-state index contributed by atoms with van der Waals surface area (Å²) in [5, 5.41) is 14.6. The third-order valence-electron chi connectivity index (χ3n) is 3.71. The largest absolute Gasteiger partial charge is 0.481 e. The van der Waals surface area contributed by atoms with Gasteiger partial charge in [0.15, 0.2) is 0 Å². The Kier molecular flexibility index (Phi) is 3.74. The highest BCUT2D eigenvalue weighted by atomic mass is 32.1. The summed E-state index contributed by atoms with van der Waals surface area (Å²) in [5.74, 6) is -1.13. The Morgan fingerprint density at radius 2 is 2.19 bits per heavy atom. The molecule has 2 amide bonds. The van der Waals surface area contributed by atoms with E-state index in [-0.39, 0.29) is 18.0 Å². The number of aliphatic carboxylic acids is 1. The molecule has 1 fully saturated rings. The molecule has 0 radical (unpaired) electrons. The van der Waals surface area contributed by atoms with E-state index in [0.29, 0.717) is 24.9 Å². The average Bonchev–Trinajstić information content (AvgIpc) is 3.06. The van der Waals surface area contributed by atoms with E-state index in [1.807, 2.05) is 12.1 Å². The predicted molar refractivity (Wildman–Crippen MR) is 80.5 cm³/mol. The number of amides is 2. The number of carboxylic acids is 1. The predicted octanol–water partition coefficient (Wildman–Crippen LogP) is 2.67. The van der Waals surface area contributed by atoms with Gasteiger partial charge in [-0.2, -0.15) is 0 Å². The highest BCUT2D eigenvalue weighted by Gasteiger charge is 2.30. The van der Waals surface area contributed by atoms with Gasteiger partial charge in [-0.3, -0.25) is 4.79 Å². The van der Waals surface area contributed by atoms with Crippen LogP contribution in [0.1, 0.15) is 19.3 Å². The van der Waals surface area contributed by atoms with Crippen LogP contribution in [0.2, 0.25) is 0 Å². The molecule has 1 aromatic heterocycles. The fraction of sp³-hybridized carbons (Fsp3) is 0.357. The maximum Gasteiger partial charge on any atom is 0.319 e. The van der Waals surface area contributed by atoms with Crippen molar-refractivity contribution in [3.8, 4) is 0 Å². The highest BCUT2D eigenvalue weighted by Crippen LogP contribution is 2.26. The number of nitrogens with one attached hydrogen (secondary N) is 2. The van der Waals surface area contributed by atoms with Crippen LogP contribution in [0.4, 0.5) is 10.5 Å². The van der Waals surface area contributed by atoms with Crippen molar-refractivity contribution in [2.45, 2.75) is 25.3 Å². The van der Waals surface area contributed by atoms with Crippen molar-refractivity contribution in [2.75, 3.05) is 5.32 Å². The van der Waals surface area contributed by atoms with Crippen molar-refractivity contribution in [2.24, 2.45) is 5.92 Å². The van der Waals surface area contributed by atoms with E-state index in [1.54, 1.807) is 11.6 Å². The standard InChI is InChI=1S/C14H15N3O3S/c18-13(19)8-1-2-9(5-8)16-14(20)17-10-3-4-11-12(6-10)21-7-15-11/h3-4,6-9H,1-2,5H2,(H,18,19)(H2,16,17,20). The molecule has 0 bridgehead atoms. The second-order valence-corrected chi connectivity index (χ2v) is 6.06. The number of thiazole rings is 1. The Bertz CT molecular complexity index is 685. The monoisotopic (exact) mass is 305 g/mol.